The second kappa shape index (κ2) is 8.76. The second-order valence-corrected chi connectivity index (χ2v) is 5.38. The first-order chi connectivity index (χ1) is 13.6. The van der Waals surface area contributed by atoms with Gasteiger partial charge in [0.2, 0.25) is 0 Å². The van der Waals surface area contributed by atoms with E-state index >= 15 is 0 Å². The maximum absolute atomic E-state index is 11.9. The molecule has 0 saturated heterocycles. The van der Waals surface area contributed by atoms with Crippen molar-refractivity contribution in [1.29, 1.82) is 0 Å². The SMILES string of the molecule is COc1cccc(OC(=O)COc2nnc(-c3ccc(OC)c(OC)c3)o2)c1. The lowest BCUT2D eigenvalue weighted by Crippen LogP contribution is -2.17. The normalized spacial score (nSPS) is 10.2. The van der Waals surface area contributed by atoms with Crippen LogP contribution in [0.2, 0.25) is 0 Å². The van der Waals surface area contributed by atoms with Crippen LogP contribution in [0.25, 0.3) is 11.5 Å². The molecular weight excluding hydrogens is 368 g/mol. The van der Waals surface area contributed by atoms with E-state index in [9.17, 15) is 4.79 Å². The Morgan fingerprint density at radius 1 is 0.929 bits per heavy atom. The standard InChI is InChI=1S/C19H18N2O7/c1-23-13-5-4-6-14(10-13)27-17(22)11-26-19-21-20-18(28-19)12-7-8-15(24-2)16(9-12)25-3/h4-10H,11H2,1-3H3. The highest BCUT2D eigenvalue weighted by Gasteiger charge is 2.15. The predicted molar refractivity (Wildman–Crippen MR) is 97.0 cm³/mol. The Labute approximate surface area is 160 Å². The molecule has 1 heterocycles. The molecule has 3 rings (SSSR count). The van der Waals surface area contributed by atoms with Gasteiger partial charge in [-0.25, -0.2) is 4.79 Å². The van der Waals surface area contributed by atoms with Crippen molar-refractivity contribution < 1.29 is 32.9 Å². The third-order valence-electron chi connectivity index (χ3n) is 3.62. The van der Waals surface area contributed by atoms with Crippen LogP contribution in [0.4, 0.5) is 0 Å². The van der Waals surface area contributed by atoms with Gasteiger partial charge in [0, 0.05) is 11.6 Å². The highest BCUT2D eigenvalue weighted by Crippen LogP contribution is 2.32. The van der Waals surface area contributed by atoms with Crippen LogP contribution in [-0.4, -0.2) is 44.1 Å². The summed E-state index contributed by atoms with van der Waals surface area (Å²) >= 11 is 0. The van der Waals surface area contributed by atoms with E-state index in [4.69, 9.17) is 28.1 Å². The number of hydrogen-bond donors (Lipinski definition) is 0. The number of hydrogen-bond acceptors (Lipinski definition) is 9. The molecule has 0 fully saturated rings. The lowest BCUT2D eigenvalue weighted by molar-refractivity contribution is -0.137. The lowest BCUT2D eigenvalue weighted by Gasteiger charge is -2.07. The molecule has 0 aliphatic carbocycles. The van der Waals surface area contributed by atoms with Crippen LogP contribution in [0.15, 0.2) is 46.9 Å². The monoisotopic (exact) mass is 386 g/mol. The smallest absolute Gasteiger partial charge is 0.415 e. The van der Waals surface area contributed by atoms with Crippen molar-refractivity contribution in [1.82, 2.24) is 10.2 Å². The zero-order valence-corrected chi connectivity index (χ0v) is 15.5. The molecular formula is C19H18N2O7. The number of nitrogens with zero attached hydrogens (tertiary/aromatic N) is 2. The Morgan fingerprint density at radius 2 is 1.71 bits per heavy atom. The van der Waals surface area contributed by atoms with Gasteiger partial charge in [-0.1, -0.05) is 11.2 Å². The quantitative estimate of drug-likeness (QED) is 0.427. The van der Waals surface area contributed by atoms with Gasteiger partial charge in [0.1, 0.15) is 11.5 Å². The largest absolute Gasteiger partial charge is 0.497 e. The van der Waals surface area contributed by atoms with Gasteiger partial charge in [0.25, 0.3) is 5.89 Å². The minimum atomic E-state index is -0.626. The van der Waals surface area contributed by atoms with E-state index in [1.807, 2.05) is 0 Å². The summed E-state index contributed by atoms with van der Waals surface area (Å²) in [5.74, 6) is 1.58. The van der Waals surface area contributed by atoms with Crippen LogP contribution in [0.1, 0.15) is 0 Å². The van der Waals surface area contributed by atoms with Crippen molar-refractivity contribution in [3.8, 4) is 40.5 Å². The predicted octanol–water partition coefficient (Wildman–Crippen LogP) is 2.75. The van der Waals surface area contributed by atoms with Crippen LogP contribution >= 0.6 is 0 Å². The Morgan fingerprint density at radius 3 is 2.46 bits per heavy atom. The molecule has 2 aromatic carbocycles. The molecule has 0 radical (unpaired) electrons. The van der Waals surface area contributed by atoms with Gasteiger partial charge >= 0.3 is 12.0 Å². The van der Waals surface area contributed by atoms with Gasteiger partial charge in [-0.3, -0.25) is 0 Å². The molecule has 0 unspecified atom stereocenters. The minimum absolute atomic E-state index is 0.160. The fourth-order valence-corrected chi connectivity index (χ4v) is 2.30. The van der Waals surface area contributed by atoms with Crippen molar-refractivity contribution in [2.75, 3.05) is 27.9 Å². The highest BCUT2D eigenvalue weighted by molar-refractivity contribution is 5.74. The molecule has 9 heteroatoms. The number of aromatic nitrogens is 2. The fourth-order valence-electron chi connectivity index (χ4n) is 2.30. The molecule has 0 N–H and O–H groups in total. The van der Waals surface area contributed by atoms with Gasteiger partial charge < -0.3 is 28.1 Å². The second-order valence-electron chi connectivity index (χ2n) is 5.38. The molecule has 0 saturated carbocycles. The third-order valence-corrected chi connectivity index (χ3v) is 3.62. The molecule has 0 spiro atoms. The first kappa shape index (κ1) is 19.0. The zero-order chi connectivity index (χ0) is 19.9. The van der Waals surface area contributed by atoms with Gasteiger partial charge in [-0.2, -0.15) is 0 Å². The Kier molecular flexibility index (Phi) is 5.95. The van der Waals surface area contributed by atoms with Crippen LogP contribution in [0, 0.1) is 0 Å². The number of carbonyl (C=O) groups is 1. The minimum Gasteiger partial charge on any atom is -0.497 e. The van der Waals surface area contributed by atoms with Gasteiger partial charge in [-0.05, 0) is 30.3 Å². The summed E-state index contributed by atoms with van der Waals surface area (Å²) in [5, 5.41) is 7.65. The van der Waals surface area contributed by atoms with Crippen molar-refractivity contribution in [2.24, 2.45) is 0 Å². The summed E-state index contributed by atoms with van der Waals surface area (Å²) in [6.07, 6.45) is -0.160. The molecule has 0 atom stereocenters. The number of esters is 1. The molecule has 0 aliphatic rings. The maximum atomic E-state index is 11.9. The van der Waals surface area contributed by atoms with Gasteiger partial charge in [-0.15, -0.1) is 5.10 Å². The topological polar surface area (TPSA) is 102 Å². The fraction of sp³-hybridized carbons (Fsp3) is 0.211. The molecule has 146 valence electrons. The van der Waals surface area contributed by atoms with Gasteiger partial charge in [0.15, 0.2) is 18.1 Å². The van der Waals surface area contributed by atoms with E-state index in [1.54, 1.807) is 49.6 Å². The maximum Gasteiger partial charge on any atom is 0.415 e. The number of methoxy groups -OCH3 is 3. The Hall–Kier alpha value is -3.75. The molecule has 0 bridgehead atoms. The summed E-state index contributed by atoms with van der Waals surface area (Å²) in [4.78, 5) is 11.9. The van der Waals surface area contributed by atoms with E-state index < -0.39 is 12.6 Å². The lowest BCUT2D eigenvalue weighted by atomic mass is 10.2. The van der Waals surface area contributed by atoms with Crippen molar-refractivity contribution in [2.45, 2.75) is 0 Å². The molecule has 28 heavy (non-hydrogen) atoms. The van der Waals surface area contributed by atoms with Crippen LogP contribution in [0.3, 0.4) is 0 Å². The average molecular weight is 386 g/mol. The number of benzene rings is 2. The van der Waals surface area contributed by atoms with Crippen LogP contribution in [-0.2, 0) is 4.79 Å². The van der Waals surface area contributed by atoms with E-state index in [1.165, 1.54) is 14.2 Å². The van der Waals surface area contributed by atoms with E-state index in [2.05, 4.69) is 10.2 Å². The average Bonchev–Trinajstić information content (AvgIpc) is 3.21. The Bertz CT molecular complexity index is 955. The summed E-state index contributed by atoms with van der Waals surface area (Å²) in [5.41, 5.74) is 0.610. The van der Waals surface area contributed by atoms with Crippen LogP contribution in [0.5, 0.6) is 29.1 Å². The Balaban J connectivity index is 1.61. The van der Waals surface area contributed by atoms with Crippen molar-refractivity contribution in [3.63, 3.8) is 0 Å². The van der Waals surface area contributed by atoms with E-state index in [0.717, 1.165) is 0 Å². The highest BCUT2D eigenvalue weighted by atomic mass is 16.6. The van der Waals surface area contributed by atoms with Crippen molar-refractivity contribution in [3.05, 3.63) is 42.5 Å². The number of rotatable bonds is 8. The zero-order valence-electron chi connectivity index (χ0n) is 15.5. The molecule has 0 aliphatic heterocycles. The van der Waals surface area contributed by atoms with Crippen molar-refractivity contribution >= 4 is 5.97 Å². The summed E-state index contributed by atoms with van der Waals surface area (Å²) in [6.45, 7) is -0.398. The number of ether oxygens (including phenoxy) is 5. The first-order valence-corrected chi connectivity index (χ1v) is 8.16. The summed E-state index contributed by atoms with van der Waals surface area (Å²) in [7, 11) is 4.59. The summed E-state index contributed by atoms with van der Waals surface area (Å²) < 4.78 is 31.3. The summed E-state index contributed by atoms with van der Waals surface area (Å²) in [6, 6.07) is 11.8. The van der Waals surface area contributed by atoms with E-state index in [-0.39, 0.29) is 12.0 Å². The first-order valence-electron chi connectivity index (χ1n) is 8.16. The molecule has 1 aromatic heterocycles. The number of carbonyl (C=O) groups excluding carboxylic acids is 1. The van der Waals surface area contributed by atoms with Gasteiger partial charge in [0.05, 0.1) is 21.3 Å². The third kappa shape index (κ3) is 4.50. The molecule has 9 nitrogen and oxygen atoms in total. The molecule has 3 aromatic rings. The van der Waals surface area contributed by atoms with E-state index in [0.29, 0.717) is 28.6 Å². The molecule has 0 amide bonds. The van der Waals surface area contributed by atoms with Crippen LogP contribution < -0.4 is 23.7 Å².